The summed E-state index contributed by atoms with van der Waals surface area (Å²) in [7, 11) is 0. The van der Waals surface area contributed by atoms with Crippen LogP contribution in [-0.2, 0) is 11.3 Å². The molecule has 0 saturated heterocycles. The van der Waals surface area contributed by atoms with Crippen molar-refractivity contribution < 1.29 is 14.8 Å². The third-order valence-electron chi connectivity index (χ3n) is 3.36. The summed E-state index contributed by atoms with van der Waals surface area (Å²) in [6, 6.07) is 6.06. The molecular weight excluding hydrogens is 248 g/mol. The van der Waals surface area contributed by atoms with Gasteiger partial charge in [0.05, 0.1) is 4.92 Å². The van der Waals surface area contributed by atoms with Crippen molar-refractivity contribution in [3.63, 3.8) is 0 Å². The van der Waals surface area contributed by atoms with Crippen LogP contribution < -0.4 is 0 Å². The van der Waals surface area contributed by atoms with Crippen molar-refractivity contribution in [2.24, 2.45) is 0 Å². The molecule has 6 heteroatoms. The Hall–Kier alpha value is -1.95. The van der Waals surface area contributed by atoms with Crippen molar-refractivity contribution in [1.82, 2.24) is 4.90 Å². The molecule has 2 rings (SSSR count). The van der Waals surface area contributed by atoms with Crippen molar-refractivity contribution in [2.75, 3.05) is 0 Å². The number of nitro benzene ring substituents is 1. The summed E-state index contributed by atoms with van der Waals surface area (Å²) in [5.74, 6) is -0.864. The first-order valence-electron chi connectivity index (χ1n) is 6.21. The Kier molecular flexibility index (Phi) is 3.80. The summed E-state index contributed by atoms with van der Waals surface area (Å²) in [5, 5.41) is 19.8. The largest absolute Gasteiger partial charge is 0.480 e. The molecule has 1 aromatic rings. The number of benzene rings is 1. The Morgan fingerprint density at radius 3 is 2.79 bits per heavy atom. The quantitative estimate of drug-likeness (QED) is 0.627. The van der Waals surface area contributed by atoms with Crippen LogP contribution in [0.15, 0.2) is 24.3 Å². The van der Waals surface area contributed by atoms with Gasteiger partial charge in [0.2, 0.25) is 0 Å². The van der Waals surface area contributed by atoms with Crippen LogP contribution in [0.4, 0.5) is 5.69 Å². The van der Waals surface area contributed by atoms with Gasteiger partial charge < -0.3 is 5.11 Å². The molecule has 1 saturated carbocycles. The zero-order valence-corrected chi connectivity index (χ0v) is 10.7. The van der Waals surface area contributed by atoms with Gasteiger partial charge in [-0.25, -0.2) is 0 Å². The number of aliphatic carboxylic acids is 1. The lowest BCUT2D eigenvalue weighted by Gasteiger charge is -2.26. The zero-order valence-electron chi connectivity index (χ0n) is 10.7. The predicted molar refractivity (Wildman–Crippen MR) is 68.8 cm³/mol. The summed E-state index contributed by atoms with van der Waals surface area (Å²) >= 11 is 0. The minimum absolute atomic E-state index is 0.0382. The maximum atomic E-state index is 11.1. The van der Waals surface area contributed by atoms with Gasteiger partial charge in [-0.2, -0.15) is 0 Å². The van der Waals surface area contributed by atoms with Crippen LogP contribution in [-0.4, -0.2) is 33.0 Å². The smallest absolute Gasteiger partial charge is 0.320 e. The van der Waals surface area contributed by atoms with Crippen LogP contribution in [0.3, 0.4) is 0 Å². The molecule has 0 amide bonds. The number of rotatable bonds is 6. The number of non-ortho nitro benzene ring substituents is 1. The van der Waals surface area contributed by atoms with E-state index in [0.29, 0.717) is 6.54 Å². The number of hydrogen-bond acceptors (Lipinski definition) is 4. The standard InChI is InChI=1S/C13H16N2O4/c1-9(13(16)17)14(11-5-6-11)8-10-3-2-4-12(7-10)15(18)19/h2-4,7,9,11H,5-6,8H2,1H3,(H,16,17). The second-order valence-corrected chi connectivity index (χ2v) is 4.84. The molecule has 1 fully saturated rings. The summed E-state index contributed by atoms with van der Waals surface area (Å²) in [5.41, 5.74) is 0.811. The van der Waals surface area contributed by atoms with E-state index in [1.54, 1.807) is 19.1 Å². The molecular formula is C13H16N2O4. The number of carbonyl (C=O) groups is 1. The molecule has 1 N–H and O–H groups in total. The van der Waals surface area contributed by atoms with Gasteiger partial charge >= 0.3 is 5.97 Å². The van der Waals surface area contributed by atoms with E-state index in [0.717, 1.165) is 18.4 Å². The lowest BCUT2D eigenvalue weighted by Crippen LogP contribution is -2.40. The van der Waals surface area contributed by atoms with Crippen molar-refractivity contribution in [3.05, 3.63) is 39.9 Å². The van der Waals surface area contributed by atoms with Gasteiger partial charge in [-0.3, -0.25) is 19.8 Å². The van der Waals surface area contributed by atoms with Crippen molar-refractivity contribution in [3.8, 4) is 0 Å². The first kappa shape index (κ1) is 13.5. The van der Waals surface area contributed by atoms with Crippen LogP contribution in [0, 0.1) is 10.1 Å². The zero-order chi connectivity index (χ0) is 14.0. The maximum Gasteiger partial charge on any atom is 0.320 e. The SMILES string of the molecule is CC(C(=O)O)N(Cc1cccc([N+](=O)[O-])c1)C1CC1. The van der Waals surface area contributed by atoms with Crippen LogP contribution in [0.2, 0.25) is 0 Å². The van der Waals surface area contributed by atoms with E-state index in [-0.39, 0.29) is 11.7 Å². The summed E-state index contributed by atoms with van der Waals surface area (Å²) < 4.78 is 0. The first-order valence-corrected chi connectivity index (χ1v) is 6.21. The van der Waals surface area contributed by atoms with E-state index in [1.165, 1.54) is 12.1 Å². The van der Waals surface area contributed by atoms with Gasteiger partial charge in [0.1, 0.15) is 6.04 Å². The molecule has 1 aromatic carbocycles. The highest BCUT2D eigenvalue weighted by atomic mass is 16.6. The highest BCUT2D eigenvalue weighted by Gasteiger charge is 2.35. The molecule has 0 heterocycles. The second-order valence-electron chi connectivity index (χ2n) is 4.84. The van der Waals surface area contributed by atoms with Crippen molar-refractivity contribution >= 4 is 11.7 Å². The Morgan fingerprint density at radius 2 is 2.26 bits per heavy atom. The number of carboxylic acids is 1. The Labute approximate surface area is 110 Å². The van der Waals surface area contributed by atoms with E-state index in [9.17, 15) is 14.9 Å². The molecule has 102 valence electrons. The Morgan fingerprint density at radius 1 is 1.58 bits per heavy atom. The number of hydrogen-bond donors (Lipinski definition) is 1. The highest BCUT2D eigenvalue weighted by molar-refractivity contribution is 5.73. The van der Waals surface area contributed by atoms with Crippen molar-refractivity contribution in [1.29, 1.82) is 0 Å². The monoisotopic (exact) mass is 264 g/mol. The average Bonchev–Trinajstić information content (AvgIpc) is 3.19. The van der Waals surface area contributed by atoms with Crippen LogP contribution in [0.25, 0.3) is 0 Å². The fourth-order valence-corrected chi connectivity index (χ4v) is 2.11. The lowest BCUT2D eigenvalue weighted by atomic mass is 10.1. The molecule has 1 aliphatic carbocycles. The van der Waals surface area contributed by atoms with Crippen molar-refractivity contribution in [2.45, 2.75) is 38.4 Å². The molecule has 0 radical (unpaired) electrons. The van der Waals surface area contributed by atoms with E-state index in [1.807, 2.05) is 4.90 Å². The minimum atomic E-state index is -0.864. The first-order chi connectivity index (χ1) is 8.99. The second kappa shape index (κ2) is 5.36. The molecule has 0 aliphatic heterocycles. The summed E-state index contributed by atoms with van der Waals surface area (Å²) in [6.45, 7) is 2.08. The van der Waals surface area contributed by atoms with Crippen LogP contribution >= 0.6 is 0 Å². The summed E-state index contributed by atoms with van der Waals surface area (Å²) in [4.78, 5) is 23.3. The Balaban J connectivity index is 2.15. The molecule has 1 aliphatic rings. The molecule has 0 aromatic heterocycles. The van der Waals surface area contributed by atoms with Gasteiger partial charge in [-0.1, -0.05) is 12.1 Å². The van der Waals surface area contributed by atoms with Gasteiger partial charge in [-0.05, 0) is 25.3 Å². The number of nitrogens with zero attached hydrogens (tertiary/aromatic N) is 2. The Bertz CT molecular complexity index is 499. The molecule has 6 nitrogen and oxygen atoms in total. The van der Waals surface area contributed by atoms with Gasteiger partial charge in [0, 0.05) is 24.7 Å². The summed E-state index contributed by atoms with van der Waals surface area (Å²) in [6.07, 6.45) is 1.99. The van der Waals surface area contributed by atoms with Gasteiger partial charge in [0.15, 0.2) is 0 Å². The van der Waals surface area contributed by atoms with E-state index in [4.69, 9.17) is 5.11 Å². The molecule has 0 bridgehead atoms. The van der Waals surface area contributed by atoms with E-state index in [2.05, 4.69) is 0 Å². The minimum Gasteiger partial charge on any atom is -0.480 e. The molecule has 19 heavy (non-hydrogen) atoms. The van der Waals surface area contributed by atoms with Crippen LogP contribution in [0.1, 0.15) is 25.3 Å². The highest BCUT2D eigenvalue weighted by Crippen LogP contribution is 2.30. The van der Waals surface area contributed by atoms with Crippen LogP contribution in [0.5, 0.6) is 0 Å². The van der Waals surface area contributed by atoms with E-state index < -0.39 is 16.9 Å². The normalized spacial score (nSPS) is 16.3. The maximum absolute atomic E-state index is 11.1. The molecule has 0 spiro atoms. The van der Waals surface area contributed by atoms with Gasteiger partial charge in [-0.15, -0.1) is 0 Å². The van der Waals surface area contributed by atoms with E-state index >= 15 is 0 Å². The predicted octanol–water partition coefficient (Wildman–Crippen LogP) is 2.03. The molecule has 1 unspecified atom stereocenters. The topological polar surface area (TPSA) is 83.7 Å². The molecule has 1 atom stereocenters. The number of carboxylic acid groups (broad SMARTS) is 1. The average molecular weight is 264 g/mol. The van der Waals surface area contributed by atoms with Gasteiger partial charge in [0.25, 0.3) is 5.69 Å². The lowest BCUT2D eigenvalue weighted by molar-refractivity contribution is -0.384. The third kappa shape index (κ3) is 3.29. The fraction of sp³-hybridized carbons (Fsp3) is 0.462. The fourth-order valence-electron chi connectivity index (χ4n) is 2.11. The third-order valence-corrected chi connectivity index (χ3v) is 3.36. The number of nitro groups is 1.